The maximum Gasteiger partial charge on any atom is 0.261 e. The number of hydrogen-bond donors (Lipinski definition) is 2. The van der Waals surface area contributed by atoms with Crippen LogP contribution in [0, 0.1) is 11.3 Å². The summed E-state index contributed by atoms with van der Waals surface area (Å²) >= 11 is 0. The molecule has 0 aliphatic rings. The molecule has 0 amide bonds. The van der Waals surface area contributed by atoms with E-state index < -0.39 is 10.0 Å². The molecule has 19 heavy (non-hydrogen) atoms. The largest absolute Gasteiger partial charge is 0.397 e. The van der Waals surface area contributed by atoms with Crippen molar-refractivity contribution in [3.63, 3.8) is 0 Å². The minimum Gasteiger partial charge on any atom is -0.397 e. The normalized spacial score (nSPS) is 10.7. The lowest BCUT2D eigenvalue weighted by Crippen LogP contribution is -2.14. The van der Waals surface area contributed by atoms with E-state index in [1.54, 1.807) is 18.2 Å². The summed E-state index contributed by atoms with van der Waals surface area (Å²) in [5.41, 5.74) is 6.54. The minimum absolute atomic E-state index is 0.152. The summed E-state index contributed by atoms with van der Waals surface area (Å²) < 4.78 is 26.5. The summed E-state index contributed by atoms with van der Waals surface area (Å²) in [5.74, 6) is 0. The van der Waals surface area contributed by atoms with Gasteiger partial charge in [-0.25, -0.2) is 8.42 Å². The highest BCUT2D eigenvalue weighted by Gasteiger charge is 2.14. The van der Waals surface area contributed by atoms with Crippen LogP contribution in [0.1, 0.15) is 5.56 Å². The Morgan fingerprint density at radius 3 is 2.37 bits per heavy atom. The lowest BCUT2D eigenvalue weighted by atomic mass is 10.2. The van der Waals surface area contributed by atoms with Crippen molar-refractivity contribution in [3.05, 3.63) is 54.1 Å². The highest BCUT2D eigenvalue weighted by molar-refractivity contribution is 7.92. The smallest absolute Gasteiger partial charge is 0.261 e. The Labute approximate surface area is 111 Å². The average Bonchev–Trinajstić information content (AvgIpc) is 2.42. The van der Waals surface area contributed by atoms with E-state index in [0.29, 0.717) is 5.56 Å². The summed E-state index contributed by atoms with van der Waals surface area (Å²) in [6.07, 6.45) is 0. The second-order valence-corrected chi connectivity index (χ2v) is 5.51. The second-order valence-electron chi connectivity index (χ2n) is 3.83. The summed E-state index contributed by atoms with van der Waals surface area (Å²) in [6.45, 7) is 0. The van der Waals surface area contributed by atoms with Crippen LogP contribution in [0.4, 0.5) is 11.4 Å². The van der Waals surface area contributed by atoms with Gasteiger partial charge >= 0.3 is 0 Å². The van der Waals surface area contributed by atoms with Gasteiger partial charge in [0, 0.05) is 0 Å². The number of rotatable bonds is 3. The van der Waals surface area contributed by atoms with Crippen molar-refractivity contribution in [1.82, 2.24) is 0 Å². The molecule has 0 aromatic heterocycles. The Balaban J connectivity index is 2.34. The Morgan fingerprint density at radius 2 is 1.79 bits per heavy atom. The molecule has 0 radical (unpaired) electrons. The standard InChI is InChI=1S/C13H11N3O2S/c14-9-10-6-7-13(12(15)8-10)16-19(17,18)11-4-2-1-3-5-11/h1-8,16H,15H2. The van der Waals surface area contributed by atoms with Crippen LogP contribution in [0.25, 0.3) is 0 Å². The maximum atomic E-state index is 12.1. The molecule has 6 heteroatoms. The molecule has 0 saturated carbocycles. The van der Waals surface area contributed by atoms with Gasteiger partial charge < -0.3 is 5.73 Å². The zero-order valence-electron chi connectivity index (χ0n) is 9.87. The Bertz CT molecular complexity index is 734. The molecule has 0 unspecified atom stereocenters. The van der Waals surface area contributed by atoms with Crippen LogP contribution in [-0.4, -0.2) is 8.42 Å². The first-order valence-electron chi connectivity index (χ1n) is 5.40. The first kappa shape index (κ1) is 12.9. The summed E-state index contributed by atoms with van der Waals surface area (Å²) in [5, 5.41) is 8.72. The molecular weight excluding hydrogens is 262 g/mol. The van der Waals surface area contributed by atoms with Crippen molar-refractivity contribution >= 4 is 21.4 Å². The van der Waals surface area contributed by atoms with Gasteiger partial charge in [-0.3, -0.25) is 4.72 Å². The van der Waals surface area contributed by atoms with Crippen molar-refractivity contribution in [1.29, 1.82) is 5.26 Å². The predicted octanol–water partition coefficient (Wildman–Crippen LogP) is 1.94. The first-order chi connectivity index (χ1) is 9.03. The monoisotopic (exact) mass is 273 g/mol. The highest BCUT2D eigenvalue weighted by Crippen LogP contribution is 2.23. The molecule has 0 aliphatic carbocycles. The van der Waals surface area contributed by atoms with Gasteiger partial charge in [-0.2, -0.15) is 5.26 Å². The van der Waals surface area contributed by atoms with Gasteiger partial charge in [-0.15, -0.1) is 0 Å². The van der Waals surface area contributed by atoms with Gasteiger partial charge in [0.25, 0.3) is 10.0 Å². The van der Waals surface area contributed by atoms with E-state index in [0.717, 1.165) is 0 Å². The van der Waals surface area contributed by atoms with E-state index in [-0.39, 0.29) is 16.3 Å². The van der Waals surface area contributed by atoms with Crippen LogP contribution in [0.3, 0.4) is 0 Å². The number of nitrogen functional groups attached to an aromatic ring is 1. The van der Waals surface area contributed by atoms with Crippen molar-refractivity contribution in [2.75, 3.05) is 10.5 Å². The molecule has 2 rings (SSSR count). The number of nitrogens with two attached hydrogens (primary N) is 1. The third-order valence-electron chi connectivity index (χ3n) is 2.48. The average molecular weight is 273 g/mol. The van der Waals surface area contributed by atoms with Crippen LogP contribution in [0.5, 0.6) is 0 Å². The predicted molar refractivity (Wildman–Crippen MR) is 72.8 cm³/mol. The van der Waals surface area contributed by atoms with Crippen LogP contribution in [0.2, 0.25) is 0 Å². The molecule has 0 fully saturated rings. The van der Waals surface area contributed by atoms with Crippen molar-refractivity contribution in [2.45, 2.75) is 4.90 Å². The fourth-order valence-corrected chi connectivity index (χ4v) is 2.64. The Morgan fingerprint density at radius 1 is 1.11 bits per heavy atom. The van der Waals surface area contributed by atoms with Crippen LogP contribution >= 0.6 is 0 Å². The van der Waals surface area contributed by atoms with Crippen LogP contribution in [0.15, 0.2) is 53.4 Å². The van der Waals surface area contributed by atoms with Gasteiger partial charge in [-0.05, 0) is 30.3 Å². The Hall–Kier alpha value is -2.52. The zero-order chi connectivity index (χ0) is 13.9. The number of nitrogens with zero attached hydrogens (tertiary/aromatic N) is 1. The molecule has 2 aromatic carbocycles. The third-order valence-corrected chi connectivity index (χ3v) is 3.86. The molecule has 5 nitrogen and oxygen atoms in total. The molecule has 96 valence electrons. The van der Waals surface area contributed by atoms with Crippen molar-refractivity contribution in [2.24, 2.45) is 0 Å². The molecule has 0 atom stereocenters. The van der Waals surface area contributed by atoms with Crippen molar-refractivity contribution < 1.29 is 8.42 Å². The van der Waals surface area contributed by atoms with Gasteiger partial charge in [-0.1, -0.05) is 18.2 Å². The van der Waals surface area contributed by atoms with E-state index in [1.807, 2.05) is 6.07 Å². The molecule has 0 heterocycles. The summed E-state index contributed by atoms with van der Waals surface area (Å²) in [4.78, 5) is 0.152. The maximum absolute atomic E-state index is 12.1. The van der Waals surface area contributed by atoms with Gasteiger partial charge in [0.2, 0.25) is 0 Å². The molecule has 0 bridgehead atoms. The fourth-order valence-electron chi connectivity index (χ4n) is 1.53. The topological polar surface area (TPSA) is 96.0 Å². The molecular formula is C13H11N3O2S. The summed E-state index contributed by atoms with van der Waals surface area (Å²) in [7, 11) is -3.67. The lowest BCUT2D eigenvalue weighted by Gasteiger charge is -2.10. The van der Waals surface area contributed by atoms with Gasteiger partial charge in [0.05, 0.1) is 27.9 Å². The van der Waals surface area contributed by atoms with Crippen LogP contribution in [-0.2, 0) is 10.0 Å². The number of hydrogen-bond acceptors (Lipinski definition) is 4. The first-order valence-corrected chi connectivity index (χ1v) is 6.89. The molecule has 2 aromatic rings. The summed E-state index contributed by atoms with van der Waals surface area (Å²) in [6, 6.07) is 14.3. The van der Waals surface area contributed by atoms with E-state index >= 15 is 0 Å². The van der Waals surface area contributed by atoms with Crippen LogP contribution < -0.4 is 10.5 Å². The van der Waals surface area contributed by atoms with E-state index in [1.165, 1.54) is 30.3 Å². The number of nitriles is 1. The zero-order valence-corrected chi connectivity index (χ0v) is 10.7. The molecule has 3 N–H and O–H groups in total. The van der Waals surface area contributed by atoms with Crippen molar-refractivity contribution in [3.8, 4) is 6.07 Å². The molecule has 0 spiro atoms. The van der Waals surface area contributed by atoms with Gasteiger partial charge in [0.1, 0.15) is 0 Å². The van der Waals surface area contributed by atoms with E-state index in [4.69, 9.17) is 11.0 Å². The third kappa shape index (κ3) is 2.84. The molecule has 0 aliphatic heterocycles. The van der Waals surface area contributed by atoms with Gasteiger partial charge in [0.15, 0.2) is 0 Å². The number of sulfonamides is 1. The van der Waals surface area contributed by atoms with E-state index in [2.05, 4.69) is 4.72 Å². The Kier molecular flexibility index (Phi) is 3.40. The number of nitrogens with one attached hydrogen (secondary N) is 1. The quantitative estimate of drug-likeness (QED) is 0.835. The fraction of sp³-hybridized carbons (Fsp3) is 0. The SMILES string of the molecule is N#Cc1ccc(NS(=O)(=O)c2ccccc2)c(N)c1. The van der Waals surface area contributed by atoms with E-state index in [9.17, 15) is 8.42 Å². The minimum atomic E-state index is -3.67. The number of anilines is 2. The highest BCUT2D eigenvalue weighted by atomic mass is 32.2. The lowest BCUT2D eigenvalue weighted by molar-refractivity contribution is 0.601. The number of benzene rings is 2. The molecule has 0 saturated heterocycles. The second kappa shape index (κ2) is 5.00.